The number of hydrogen-bond acceptors (Lipinski definition) is 2. The van der Waals surface area contributed by atoms with Gasteiger partial charge in [-0.2, -0.15) is 0 Å². The summed E-state index contributed by atoms with van der Waals surface area (Å²) in [5.74, 6) is 0. The van der Waals surface area contributed by atoms with E-state index >= 15 is 0 Å². The first-order valence-electron chi connectivity index (χ1n) is 5.53. The summed E-state index contributed by atoms with van der Waals surface area (Å²) in [6.07, 6.45) is 0.926. The summed E-state index contributed by atoms with van der Waals surface area (Å²) in [7, 11) is 0. The van der Waals surface area contributed by atoms with E-state index in [2.05, 4.69) is 5.32 Å². The zero-order valence-electron chi connectivity index (χ0n) is 9.10. The van der Waals surface area contributed by atoms with Gasteiger partial charge in [-0.25, -0.2) is 4.79 Å². The van der Waals surface area contributed by atoms with Crippen molar-refractivity contribution in [3.8, 4) is 0 Å². The van der Waals surface area contributed by atoms with E-state index in [1.54, 1.807) is 4.90 Å². The Morgan fingerprint density at radius 2 is 2.12 bits per heavy atom. The third kappa shape index (κ3) is 2.17. The smallest absolute Gasteiger partial charge is 0.317 e. The molecule has 0 aliphatic carbocycles. The third-order valence-electron chi connectivity index (χ3n) is 2.85. The number of aliphatic hydroxyl groups excluding tert-OH is 1. The van der Waals surface area contributed by atoms with Gasteiger partial charge in [-0.15, -0.1) is 0 Å². The number of amides is 2. The Morgan fingerprint density at radius 3 is 2.75 bits per heavy atom. The summed E-state index contributed by atoms with van der Waals surface area (Å²) >= 11 is 0. The van der Waals surface area contributed by atoms with Crippen LogP contribution in [-0.4, -0.2) is 35.7 Å². The Hall–Kier alpha value is -1.55. The molecule has 1 heterocycles. The van der Waals surface area contributed by atoms with Crippen molar-refractivity contribution < 1.29 is 9.90 Å². The van der Waals surface area contributed by atoms with Crippen molar-refractivity contribution in [2.45, 2.75) is 12.5 Å². The minimum atomic E-state index is -0.235. The molecule has 1 aliphatic rings. The van der Waals surface area contributed by atoms with Gasteiger partial charge >= 0.3 is 6.03 Å². The maximum absolute atomic E-state index is 11.7. The molecule has 86 valence electrons. The molecule has 2 N–H and O–H groups in total. The minimum absolute atomic E-state index is 0.0442. The van der Waals surface area contributed by atoms with E-state index in [-0.39, 0.29) is 18.7 Å². The lowest BCUT2D eigenvalue weighted by Gasteiger charge is -2.34. The van der Waals surface area contributed by atoms with Crippen LogP contribution in [0.4, 0.5) is 4.79 Å². The highest BCUT2D eigenvalue weighted by Gasteiger charge is 2.26. The van der Waals surface area contributed by atoms with Crippen molar-refractivity contribution in [1.82, 2.24) is 10.2 Å². The molecule has 1 fully saturated rings. The molecule has 4 heteroatoms. The normalized spacial score (nSPS) is 18.1. The molecule has 2 amide bonds. The molecule has 1 saturated heterocycles. The summed E-state index contributed by atoms with van der Waals surface area (Å²) in [6.45, 7) is 1.38. The van der Waals surface area contributed by atoms with Gasteiger partial charge in [-0.3, -0.25) is 0 Å². The van der Waals surface area contributed by atoms with Gasteiger partial charge in [0, 0.05) is 13.1 Å². The van der Waals surface area contributed by atoms with E-state index in [0.29, 0.717) is 6.54 Å². The lowest BCUT2D eigenvalue weighted by Crippen LogP contribution is -2.48. The highest BCUT2D eigenvalue weighted by atomic mass is 16.3. The molecule has 1 aromatic carbocycles. The van der Waals surface area contributed by atoms with E-state index < -0.39 is 0 Å². The van der Waals surface area contributed by atoms with Crippen molar-refractivity contribution >= 4 is 6.03 Å². The van der Waals surface area contributed by atoms with Gasteiger partial charge in [0.15, 0.2) is 0 Å². The number of carbonyl (C=O) groups is 1. The van der Waals surface area contributed by atoms with E-state index in [0.717, 1.165) is 18.5 Å². The second kappa shape index (κ2) is 4.99. The van der Waals surface area contributed by atoms with Gasteiger partial charge in [-0.1, -0.05) is 30.3 Å². The Balaban J connectivity index is 2.18. The quantitative estimate of drug-likeness (QED) is 0.802. The zero-order chi connectivity index (χ0) is 11.4. The maximum atomic E-state index is 11.7. The number of aliphatic hydroxyl groups is 1. The largest absolute Gasteiger partial charge is 0.394 e. The average Bonchev–Trinajstić information content (AvgIpc) is 2.34. The molecular weight excluding hydrogens is 204 g/mol. The number of hydrogen-bond donors (Lipinski definition) is 2. The summed E-state index contributed by atoms with van der Waals surface area (Å²) in [5.41, 5.74) is 0.974. The minimum Gasteiger partial charge on any atom is -0.394 e. The van der Waals surface area contributed by atoms with Gasteiger partial charge in [0.2, 0.25) is 0 Å². The predicted octanol–water partition coefficient (Wildman–Crippen LogP) is 1.14. The van der Waals surface area contributed by atoms with Crippen molar-refractivity contribution in [2.75, 3.05) is 19.7 Å². The van der Waals surface area contributed by atoms with E-state index in [9.17, 15) is 9.90 Å². The van der Waals surface area contributed by atoms with E-state index in [4.69, 9.17) is 0 Å². The van der Waals surface area contributed by atoms with Gasteiger partial charge in [0.1, 0.15) is 0 Å². The summed E-state index contributed by atoms with van der Waals surface area (Å²) < 4.78 is 0. The first kappa shape index (κ1) is 11.0. The Kier molecular flexibility index (Phi) is 3.41. The zero-order valence-corrected chi connectivity index (χ0v) is 9.10. The maximum Gasteiger partial charge on any atom is 0.317 e. The Morgan fingerprint density at radius 1 is 1.38 bits per heavy atom. The second-order valence-electron chi connectivity index (χ2n) is 3.89. The molecule has 4 nitrogen and oxygen atoms in total. The monoisotopic (exact) mass is 220 g/mol. The lowest BCUT2D eigenvalue weighted by molar-refractivity contribution is 0.123. The molecule has 0 bridgehead atoms. The molecule has 2 rings (SSSR count). The van der Waals surface area contributed by atoms with E-state index in [1.165, 1.54) is 0 Å². The molecule has 1 atom stereocenters. The molecule has 1 aromatic rings. The standard InChI is InChI=1S/C12H16N2O2/c15-9-11(10-5-2-1-3-6-10)14-8-4-7-13-12(14)16/h1-3,5-6,11,15H,4,7-9H2,(H,13,16)/t11-/m0/s1. The van der Waals surface area contributed by atoms with Crippen LogP contribution < -0.4 is 5.32 Å². The van der Waals surface area contributed by atoms with Crippen LogP contribution in [0.2, 0.25) is 0 Å². The molecule has 0 unspecified atom stereocenters. The summed E-state index contributed by atoms with van der Waals surface area (Å²) in [5, 5.41) is 12.2. The van der Waals surface area contributed by atoms with Crippen LogP contribution in [0.5, 0.6) is 0 Å². The fraction of sp³-hybridized carbons (Fsp3) is 0.417. The lowest BCUT2D eigenvalue weighted by atomic mass is 10.1. The molecule has 1 aliphatic heterocycles. The van der Waals surface area contributed by atoms with Crippen LogP contribution >= 0.6 is 0 Å². The van der Waals surface area contributed by atoms with Crippen molar-refractivity contribution in [1.29, 1.82) is 0 Å². The van der Waals surface area contributed by atoms with E-state index in [1.807, 2.05) is 30.3 Å². The summed E-state index contributed by atoms with van der Waals surface area (Å²) in [4.78, 5) is 13.4. The molecule has 0 spiro atoms. The topological polar surface area (TPSA) is 52.6 Å². The number of carbonyl (C=O) groups excluding carboxylic acids is 1. The van der Waals surface area contributed by atoms with Crippen molar-refractivity contribution in [3.05, 3.63) is 35.9 Å². The van der Waals surface area contributed by atoms with Gasteiger partial charge in [0.05, 0.1) is 12.6 Å². The second-order valence-corrected chi connectivity index (χ2v) is 3.89. The van der Waals surface area contributed by atoms with Crippen molar-refractivity contribution in [3.63, 3.8) is 0 Å². The van der Waals surface area contributed by atoms with Crippen LogP contribution in [0.3, 0.4) is 0 Å². The van der Waals surface area contributed by atoms with Gasteiger partial charge in [0.25, 0.3) is 0 Å². The van der Waals surface area contributed by atoms with Crippen LogP contribution in [0.15, 0.2) is 30.3 Å². The number of urea groups is 1. The average molecular weight is 220 g/mol. The Bertz CT molecular complexity index is 353. The SMILES string of the molecule is O=C1NCCCN1[C@@H](CO)c1ccccc1. The fourth-order valence-corrected chi connectivity index (χ4v) is 2.00. The number of nitrogens with one attached hydrogen (secondary N) is 1. The first-order valence-corrected chi connectivity index (χ1v) is 5.53. The predicted molar refractivity (Wildman–Crippen MR) is 61.0 cm³/mol. The third-order valence-corrected chi connectivity index (χ3v) is 2.85. The number of benzene rings is 1. The van der Waals surface area contributed by atoms with Crippen LogP contribution in [-0.2, 0) is 0 Å². The number of nitrogens with zero attached hydrogens (tertiary/aromatic N) is 1. The molecular formula is C12H16N2O2. The van der Waals surface area contributed by atoms with Gasteiger partial charge in [-0.05, 0) is 12.0 Å². The Labute approximate surface area is 94.9 Å². The highest BCUT2D eigenvalue weighted by molar-refractivity contribution is 5.75. The highest BCUT2D eigenvalue weighted by Crippen LogP contribution is 2.21. The van der Waals surface area contributed by atoms with Crippen LogP contribution in [0, 0.1) is 0 Å². The first-order chi connectivity index (χ1) is 7.83. The fourth-order valence-electron chi connectivity index (χ4n) is 2.00. The van der Waals surface area contributed by atoms with Crippen LogP contribution in [0.25, 0.3) is 0 Å². The molecule has 0 aromatic heterocycles. The van der Waals surface area contributed by atoms with Crippen LogP contribution in [0.1, 0.15) is 18.0 Å². The summed E-state index contributed by atoms with van der Waals surface area (Å²) in [6, 6.07) is 9.30. The molecule has 0 saturated carbocycles. The van der Waals surface area contributed by atoms with Gasteiger partial charge < -0.3 is 15.3 Å². The number of rotatable bonds is 3. The van der Waals surface area contributed by atoms with Crippen molar-refractivity contribution in [2.24, 2.45) is 0 Å². The molecule has 16 heavy (non-hydrogen) atoms. The molecule has 0 radical (unpaired) electrons.